The van der Waals surface area contributed by atoms with Gasteiger partial charge in [0.2, 0.25) is 0 Å². The van der Waals surface area contributed by atoms with Crippen molar-refractivity contribution in [3.8, 4) is 0 Å². The smallest absolute Gasteiger partial charge is 0.116 e. The molecule has 2 N–H and O–H groups in total. The zero-order valence-electron chi connectivity index (χ0n) is 11.4. The van der Waals surface area contributed by atoms with Gasteiger partial charge in [-0.3, -0.25) is 0 Å². The van der Waals surface area contributed by atoms with Crippen LogP contribution < -0.4 is 5.73 Å². The van der Waals surface area contributed by atoms with E-state index in [-0.39, 0.29) is 6.04 Å². The predicted molar refractivity (Wildman–Crippen MR) is 82.7 cm³/mol. The summed E-state index contributed by atoms with van der Waals surface area (Å²) >= 11 is 1.79. The van der Waals surface area contributed by atoms with Crippen molar-refractivity contribution in [1.29, 1.82) is 0 Å². The van der Waals surface area contributed by atoms with E-state index in [4.69, 9.17) is 5.73 Å². The first-order valence-corrected chi connectivity index (χ1v) is 7.94. The van der Waals surface area contributed by atoms with Crippen molar-refractivity contribution in [2.24, 2.45) is 5.73 Å². The van der Waals surface area contributed by atoms with Crippen LogP contribution in [0.4, 0.5) is 0 Å². The molecule has 1 aliphatic carbocycles. The van der Waals surface area contributed by atoms with Crippen molar-refractivity contribution in [3.05, 3.63) is 54.5 Å². The van der Waals surface area contributed by atoms with E-state index in [9.17, 15) is 0 Å². The highest BCUT2D eigenvalue weighted by atomic mass is 32.2. The first-order valence-electron chi connectivity index (χ1n) is 7.06. The van der Waals surface area contributed by atoms with Crippen molar-refractivity contribution in [3.63, 3.8) is 0 Å². The van der Waals surface area contributed by atoms with Gasteiger partial charge < -0.3 is 5.73 Å². The molecule has 1 aromatic heterocycles. The summed E-state index contributed by atoms with van der Waals surface area (Å²) in [5, 5.41) is 1.46. The standard InChI is InChI=1S/C16H19N3S/c17-14-7-6-13(12-4-2-1-3-5-12)10-15(14)20-16-8-9-18-11-19-16/h1-5,8-9,11,13-15H,6-7,10,17H2. The molecule has 4 heteroatoms. The fraction of sp³-hybridized carbons (Fsp3) is 0.375. The van der Waals surface area contributed by atoms with E-state index in [1.165, 1.54) is 12.0 Å². The fourth-order valence-electron chi connectivity index (χ4n) is 2.82. The van der Waals surface area contributed by atoms with Gasteiger partial charge in [-0.15, -0.1) is 11.8 Å². The Morgan fingerprint density at radius 1 is 1.10 bits per heavy atom. The molecule has 1 heterocycles. The van der Waals surface area contributed by atoms with Crippen LogP contribution in [-0.4, -0.2) is 21.3 Å². The average Bonchev–Trinajstić information content (AvgIpc) is 2.51. The Kier molecular flexibility index (Phi) is 4.33. The molecule has 104 valence electrons. The molecule has 20 heavy (non-hydrogen) atoms. The summed E-state index contributed by atoms with van der Waals surface area (Å²) in [4.78, 5) is 8.27. The third-order valence-electron chi connectivity index (χ3n) is 3.94. The molecular weight excluding hydrogens is 266 g/mol. The number of rotatable bonds is 3. The van der Waals surface area contributed by atoms with Crippen LogP contribution in [0.15, 0.2) is 53.9 Å². The molecule has 0 spiro atoms. The summed E-state index contributed by atoms with van der Waals surface area (Å²) in [5.41, 5.74) is 7.74. The summed E-state index contributed by atoms with van der Waals surface area (Å²) in [7, 11) is 0. The zero-order chi connectivity index (χ0) is 13.8. The number of nitrogens with two attached hydrogens (primary N) is 1. The SMILES string of the molecule is NC1CCC(c2ccccc2)CC1Sc1ccncn1. The summed E-state index contributed by atoms with van der Waals surface area (Å²) in [6.07, 6.45) is 6.79. The van der Waals surface area contributed by atoms with E-state index >= 15 is 0 Å². The number of hydrogen-bond acceptors (Lipinski definition) is 4. The minimum atomic E-state index is 0.259. The molecule has 1 aromatic carbocycles. The van der Waals surface area contributed by atoms with Crippen molar-refractivity contribution in [1.82, 2.24) is 9.97 Å². The third-order valence-corrected chi connectivity index (χ3v) is 5.27. The lowest BCUT2D eigenvalue weighted by atomic mass is 9.82. The number of aromatic nitrogens is 2. The Morgan fingerprint density at radius 3 is 2.70 bits per heavy atom. The van der Waals surface area contributed by atoms with Crippen LogP contribution in [0.3, 0.4) is 0 Å². The number of thioether (sulfide) groups is 1. The minimum Gasteiger partial charge on any atom is -0.327 e. The predicted octanol–water partition coefficient (Wildman–Crippen LogP) is 3.23. The van der Waals surface area contributed by atoms with Crippen molar-refractivity contribution >= 4 is 11.8 Å². The zero-order valence-corrected chi connectivity index (χ0v) is 12.2. The first-order chi connectivity index (χ1) is 9.83. The second-order valence-corrected chi connectivity index (χ2v) is 6.55. The molecule has 0 aliphatic heterocycles. The second kappa shape index (κ2) is 6.37. The van der Waals surface area contributed by atoms with Gasteiger partial charge in [0, 0.05) is 17.5 Å². The van der Waals surface area contributed by atoms with Crippen LogP contribution >= 0.6 is 11.8 Å². The van der Waals surface area contributed by atoms with E-state index in [0.717, 1.165) is 17.9 Å². The molecule has 1 saturated carbocycles. The average molecular weight is 285 g/mol. The minimum absolute atomic E-state index is 0.259. The van der Waals surface area contributed by atoms with Crippen LogP contribution in [0.5, 0.6) is 0 Å². The van der Waals surface area contributed by atoms with Crippen LogP contribution in [0, 0.1) is 0 Å². The largest absolute Gasteiger partial charge is 0.327 e. The summed E-state index contributed by atoms with van der Waals surface area (Å²) in [6, 6.07) is 13.0. The quantitative estimate of drug-likeness (QED) is 0.880. The molecule has 0 radical (unpaired) electrons. The Hall–Kier alpha value is -1.39. The third kappa shape index (κ3) is 3.19. The second-order valence-electron chi connectivity index (χ2n) is 5.29. The highest BCUT2D eigenvalue weighted by Crippen LogP contribution is 2.39. The maximum Gasteiger partial charge on any atom is 0.116 e. The van der Waals surface area contributed by atoms with Crippen molar-refractivity contribution < 1.29 is 0 Å². The lowest BCUT2D eigenvalue weighted by Crippen LogP contribution is -2.37. The van der Waals surface area contributed by atoms with Gasteiger partial charge in [0.15, 0.2) is 0 Å². The number of benzene rings is 1. The number of hydrogen-bond donors (Lipinski definition) is 1. The molecule has 1 fully saturated rings. The van der Waals surface area contributed by atoms with Crippen LogP contribution in [0.2, 0.25) is 0 Å². The van der Waals surface area contributed by atoms with Gasteiger partial charge in [0.25, 0.3) is 0 Å². The van der Waals surface area contributed by atoms with Gasteiger partial charge in [0.1, 0.15) is 6.33 Å². The first kappa shape index (κ1) is 13.6. The van der Waals surface area contributed by atoms with Gasteiger partial charge >= 0.3 is 0 Å². The highest BCUT2D eigenvalue weighted by Gasteiger charge is 2.29. The molecular formula is C16H19N3S. The molecule has 3 unspecified atom stereocenters. The van der Waals surface area contributed by atoms with E-state index in [2.05, 4.69) is 40.3 Å². The summed E-state index contributed by atoms with van der Waals surface area (Å²) in [5.74, 6) is 0.621. The Labute approximate surface area is 124 Å². The molecule has 1 aliphatic rings. The molecule has 0 bridgehead atoms. The molecule has 0 amide bonds. The van der Waals surface area contributed by atoms with E-state index < -0.39 is 0 Å². The lowest BCUT2D eigenvalue weighted by Gasteiger charge is -2.33. The topological polar surface area (TPSA) is 51.8 Å². The Bertz CT molecular complexity index is 532. The van der Waals surface area contributed by atoms with E-state index in [1.807, 2.05) is 6.07 Å². The van der Waals surface area contributed by atoms with Gasteiger partial charge in [0.05, 0.1) is 5.03 Å². The molecule has 2 aromatic rings. The monoisotopic (exact) mass is 285 g/mol. The highest BCUT2D eigenvalue weighted by molar-refractivity contribution is 7.99. The number of nitrogens with zero attached hydrogens (tertiary/aromatic N) is 2. The summed E-state index contributed by atoms with van der Waals surface area (Å²) in [6.45, 7) is 0. The van der Waals surface area contributed by atoms with Crippen LogP contribution in [-0.2, 0) is 0 Å². The van der Waals surface area contributed by atoms with Crippen LogP contribution in [0.1, 0.15) is 30.7 Å². The van der Waals surface area contributed by atoms with Crippen LogP contribution in [0.25, 0.3) is 0 Å². The van der Waals surface area contributed by atoms with Crippen molar-refractivity contribution in [2.75, 3.05) is 0 Å². The van der Waals surface area contributed by atoms with Gasteiger partial charge in [-0.1, -0.05) is 30.3 Å². The van der Waals surface area contributed by atoms with Crippen molar-refractivity contribution in [2.45, 2.75) is 41.5 Å². The maximum absolute atomic E-state index is 6.30. The molecule has 3 nitrogen and oxygen atoms in total. The summed E-state index contributed by atoms with van der Waals surface area (Å²) < 4.78 is 0. The lowest BCUT2D eigenvalue weighted by molar-refractivity contribution is 0.406. The van der Waals surface area contributed by atoms with E-state index in [0.29, 0.717) is 11.2 Å². The fourth-order valence-corrected chi connectivity index (χ4v) is 4.02. The van der Waals surface area contributed by atoms with Gasteiger partial charge in [-0.25, -0.2) is 9.97 Å². The normalized spacial score (nSPS) is 26.4. The molecule has 3 rings (SSSR count). The Morgan fingerprint density at radius 2 is 1.95 bits per heavy atom. The molecule has 3 atom stereocenters. The van der Waals surface area contributed by atoms with Gasteiger partial charge in [-0.05, 0) is 36.8 Å². The Balaban J connectivity index is 1.71. The molecule has 0 saturated heterocycles. The van der Waals surface area contributed by atoms with E-state index in [1.54, 1.807) is 24.3 Å². The van der Waals surface area contributed by atoms with Gasteiger partial charge in [-0.2, -0.15) is 0 Å². The maximum atomic E-state index is 6.30.